The molecule has 0 aromatic heterocycles. The van der Waals surface area contributed by atoms with Crippen molar-refractivity contribution in [3.8, 4) is 0 Å². The molecule has 0 heterocycles. The topological polar surface area (TPSA) is 55.4 Å². The Hall–Kier alpha value is -2.69. The fourth-order valence-corrected chi connectivity index (χ4v) is 2.08. The second-order valence-corrected chi connectivity index (χ2v) is 4.69. The fraction of sp³-hybridized carbons (Fsp3) is 0.263. The summed E-state index contributed by atoms with van der Waals surface area (Å²) < 4.78 is 18.6. The van der Waals surface area contributed by atoms with Gasteiger partial charge >= 0.3 is 5.97 Å². The van der Waals surface area contributed by atoms with E-state index in [-0.39, 0.29) is 17.9 Å². The van der Waals surface area contributed by atoms with E-state index in [2.05, 4.69) is 10.1 Å². The highest BCUT2D eigenvalue weighted by atomic mass is 19.1. The molecule has 1 amide bonds. The summed E-state index contributed by atoms with van der Waals surface area (Å²) in [5.41, 5.74) is 0.686. The Morgan fingerprint density at radius 3 is 2.21 bits per heavy atom. The second kappa shape index (κ2) is 10.2. The quantitative estimate of drug-likeness (QED) is 0.846. The number of rotatable bonds is 5. The van der Waals surface area contributed by atoms with Gasteiger partial charge in [-0.15, -0.1) is 0 Å². The molecule has 1 unspecified atom stereocenters. The van der Waals surface area contributed by atoms with E-state index < -0.39 is 17.8 Å². The van der Waals surface area contributed by atoms with E-state index in [1.165, 1.54) is 19.2 Å². The van der Waals surface area contributed by atoms with Gasteiger partial charge < -0.3 is 10.1 Å². The number of nitrogens with one attached hydrogen (secondary N) is 1. The summed E-state index contributed by atoms with van der Waals surface area (Å²) >= 11 is 0. The average molecular weight is 331 g/mol. The van der Waals surface area contributed by atoms with Gasteiger partial charge in [-0.05, 0) is 18.2 Å². The van der Waals surface area contributed by atoms with E-state index in [1.807, 2.05) is 13.8 Å². The molecule has 0 radical (unpaired) electrons. The molecule has 24 heavy (non-hydrogen) atoms. The Balaban J connectivity index is 0.00000139. The van der Waals surface area contributed by atoms with Crippen LogP contribution in [-0.4, -0.2) is 19.0 Å². The van der Waals surface area contributed by atoms with Crippen molar-refractivity contribution in [2.75, 3.05) is 7.11 Å². The van der Waals surface area contributed by atoms with Crippen LogP contribution in [0.4, 0.5) is 4.39 Å². The minimum Gasteiger partial charge on any atom is -0.469 e. The monoisotopic (exact) mass is 331 g/mol. The molecule has 5 heteroatoms. The molecule has 0 aliphatic rings. The van der Waals surface area contributed by atoms with Crippen LogP contribution in [0.1, 0.15) is 42.2 Å². The summed E-state index contributed by atoms with van der Waals surface area (Å²) in [5.74, 6) is -1.39. The first-order valence-corrected chi connectivity index (χ1v) is 7.79. The highest BCUT2D eigenvalue weighted by Gasteiger charge is 2.22. The van der Waals surface area contributed by atoms with Crippen LogP contribution < -0.4 is 5.32 Å². The van der Waals surface area contributed by atoms with Crippen LogP contribution in [0.25, 0.3) is 0 Å². The van der Waals surface area contributed by atoms with Crippen LogP contribution in [0.15, 0.2) is 54.6 Å². The van der Waals surface area contributed by atoms with Crippen LogP contribution in [0, 0.1) is 5.82 Å². The first-order chi connectivity index (χ1) is 11.6. The summed E-state index contributed by atoms with van der Waals surface area (Å²) in [7, 11) is 1.25. The van der Waals surface area contributed by atoms with Crippen molar-refractivity contribution >= 4 is 11.9 Å². The Morgan fingerprint density at radius 2 is 1.62 bits per heavy atom. The van der Waals surface area contributed by atoms with Gasteiger partial charge in [0, 0.05) is 11.1 Å². The summed E-state index contributed by atoms with van der Waals surface area (Å²) in [5, 5.41) is 2.68. The first-order valence-electron chi connectivity index (χ1n) is 7.79. The minimum absolute atomic E-state index is 0.143. The number of benzene rings is 2. The maximum Gasteiger partial charge on any atom is 0.307 e. The Bertz CT molecular complexity index is 659. The van der Waals surface area contributed by atoms with E-state index in [9.17, 15) is 14.0 Å². The molecule has 128 valence electrons. The molecule has 0 aliphatic heterocycles. The standard InChI is InChI=1S/C17H16FNO3.C2H6/c1-22-16(20)11-15(13-9-5-6-10-14(13)18)19-17(21)12-7-3-2-4-8-12;1-2/h2-10,15H,11H2,1H3,(H,19,21);1-2H3. The molecule has 2 aromatic rings. The predicted octanol–water partition coefficient (Wildman–Crippen LogP) is 3.89. The van der Waals surface area contributed by atoms with Crippen molar-refractivity contribution in [3.63, 3.8) is 0 Å². The van der Waals surface area contributed by atoms with Crippen LogP contribution >= 0.6 is 0 Å². The molecule has 0 saturated heterocycles. The van der Waals surface area contributed by atoms with Crippen molar-refractivity contribution in [1.82, 2.24) is 5.32 Å². The van der Waals surface area contributed by atoms with E-state index >= 15 is 0 Å². The fourth-order valence-electron chi connectivity index (χ4n) is 2.08. The van der Waals surface area contributed by atoms with Crippen LogP contribution in [-0.2, 0) is 9.53 Å². The third-order valence-electron chi connectivity index (χ3n) is 3.22. The highest BCUT2D eigenvalue weighted by molar-refractivity contribution is 5.94. The molecule has 1 atom stereocenters. The van der Waals surface area contributed by atoms with E-state index in [4.69, 9.17) is 0 Å². The van der Waals surface area contributed by atoms with Crippen molar-refractivity contribution in [2.24, 2.45) is 0 Å². The lowest BCUT2D eigenvalue weighted by atomic mass is 10.0. The van der Waals surface area contributed by atoms with Gasteiger partial charge in [-0.25, -0.2) is 4.39 Å². The molecule has 4 nitrogen and oxygen atoms in total. The Morgan fingerprint density at radius 1 is 1.04 bits per heavy atom. The number of amides is 1. The van der Waals surface area contributed by atoms with Gasteiger partial charge in [-0.3, -0.25) is 9.59 Å². The van der Waals surface area contributed by atoms with Gasteiger partial charge in [-0.2, -0.15) is 0 Å². The predicted molar refractivity (Wildman–Crippen MR) is 91.0 cm³/mol. The normalized spacial score (nSPS) is 10.8. The lowest BCUT2D eigenvalue weighted by Gasteiger charge is -2.18. The van der Waals surface area contributed by atoms with E-state index in [0.717, 1.165) is 0 Å². The van der Waals surface area contributed by atoms with Crippen molar-refractivity contribution < 1.29 is 18.7 Å². The maximum absolute atomic E-state index is 13.9. The van der Waals surface area contributed by atoms with E-state index in [0.29, 0.717) is 5.56 Å². The van der Waals surface area contributed by atoms with Crippen LogP contribution in [0.2, 0.25) is 0 Å². The number of carbonyl (C=O) groups excluding carboxylic acids is 2. The molecule has 0 fully saturated rings. The molecular formula is C19H22FNO3. The largest absolute Gasteiger partial charge is 0.469 e. The SMILES string of the molecule is CC.COC(=O)CC(NC(=O)c1ccccc1)c1ccccc1F. The minimum atomic E-state index is -0.790. The van der Waals surface area contributed by atoms with Crippen molar-refractivity contribution in [3.05, 3.63) is 71.5 Å². The number of hydrogen-bond acceptors (Lipinski definition) is 3. The highest BCUT2D eigenvalue weighted by Crippen LogP contribution is 2.21. The number of halogens is 1. The molecular weight excluding hydrogens is 309 g/mol. The molecule has 2 aromatic carbocycles. The third-order valence-corrected chi connectivity index (χ3v) is 3.22. The molecule has 0 spiro atoms. The number of carbonyl (C=O) groups is 2. The summed E-state index contributed by atoms with van der Waals surface area (Å²) in [6.07, 6.45) is -0.143. The van der Waals surface area contributed by atoms with Crippen LogP contribution in [0.5, 0.6) is 0 Å². The zero-order valence-corrected chi connectivity index (χ0v) is 14.1. The third kappa shape index (κ3) is 5.50. The number of hydrogen-bond donors (Lipinski definition) is 1. The van der Waals surface area contributed by atoms with E-state index in [1.54, 1.807) is 42.5 Å². The lowest BCUT2D eigenvalue weighted by Crippen LogP contribution is -2.31. The Labute approximate surface area is 141 Å². The van der Waals surface area contributed by atoms with Gasteiger partial charge in [0.25, 0.3) is 5.91 Å². The lowest BCUT2D eigenvalue weighted by molar-refractivity contribution is -0.141. The van der Waals surface area contributed by atoms with Gasteiger partial charge in [0.1, 0.15) is 5.82 Å². The van der Waals surface area contributed by atoms with Crippen molar-refractivity contribution in [2.45, 2.75) is 26.3 Å². The van der Waals surface area contributed by atoms with Crippen LogP contribution in [0.3, 0.4) is 0 Å². The van der Waals surface area contributed by atoms with Crippen molar-refractivity contribution in [1.29, 1.82) is 0 Å². The van der Waals surface area contributed by atoms with Gasteiger partial charge in [0.2, 0.25) is 0 Å². The maximum atomic E-state index is 13.9. The van der Waals surface area contributed by atoms with Gasteiger partial charge in [0.05, 0.1) is 19.6 Å². The van der Waals surface area contributed by atoms with Gasteiger partial charge in [-0.1, -0.05) is 50.2 Å². The first kappa shape index (κ1) is 19.4. The summed E-state index contributed by atoms with van der Waals surface area (Å²) in [6, 6.07) is 13.8. The molecule has 2 rings (SSSR count). The molecule has 0 bridgehead atoms. The number of methoxy groups -OCH3 is 1. The zero-order chi connectivity index (χ0) is 17.9. The average Bonchev–Trinajstić information content (AvgIpc) is 2.63. The molecule has 0 aliphatic carbocycles. The zero-order valence-electron chi connectivity index (χ0n) is 14.1. The summed E-state index contributed by atoms with van der Waals surface area (Å²) in [4.78, 5) is 23.8. The molecule has 0 saturated carbocycles. The summed E-state index contributed by atoms with van der Waals surface area (Å²) in [6.45, 7) is 4.00. The Kier molecular flexibility index (Phi) is 8.19. The van der Waals surface area contributed by atoms with Gasteiger partial charge in [0.15, 0.2) is 0 Å². The second-order valence-electron chi connectivity index (χ2n) is 4.69. The number of esters is 1. The number of ether oxygens (including phenoxy) is 1. The smallest absolute Gasteiger partial charge is 0.307 e. The molecule has 1 N–H and O–H groups in total.